The predicted molar refractivity (Wildman–Crippen MR) is 65.9 cm³/mol. The van der Waals surface area contributed by atoms with Crippen LogP contribution in [0.2, 0.25) is 0 Å². The maximum absolute atomic E-state index is 13.1. The van der Waals surface area contributed by atoms with Gasteiger partial charge in [0.25, 0.3) is 0 Å². The average molecular weight is 227 g/mol. The first kappa shape index (κ1) is 9.84. The topological polar surface area (TPSA) is 54.7 Å². The number of fused-ring (bicyclic) bond motifs is 1. The van der Waals surface area contributed by atoms with Crippen LogP contribution in [0.15, 0.2) is 42.5 Å². The number of nitrogens with two attached hydrogens (primary N) is 1. The Bertz CT molecular complexity index is 688. The number of hydrogen-bond acceptors (Lipinski definition) is 2. The number of aromatic amines is 1. The van der Waals surface area contributed by atoms with Crippen LogP contribution in [0.4, 0.5) is 10.1 Å². The second-order valence-corrected chi connectivity index (χ2v) is 3.85. The molecular weight excluding hydrogens is 217 g/mol. The van der Waals surface area contributed by atoms with Gasteiger partial charge in [-0.1, -0.05) is 18.2 Å². The summed E-state index contributed by atoms with van der Waals surface area (Å²) in [6.45, 7) is 0. The van der Waals surface area contributed by atoms with E-state index in [4.69, 9.17) is 5.73 Å². The number of nitrogens with zero attached hydrogens (tertiary/aromatic N) is 1. The summed E-state index contributed by atoms with van der Waals surface area (Å²) < 4.78 is 13.1. The first-order chi connectivity index (χ1) is 8.25. The van der Waals surface area contributed by atoms with Crippen molar-refractivity contribution in [1.29, 1.82) is 0 Å². The molecule has 0 spiro atoms. The lowest BCUT2D eigenvalue weighted by molar-refractivity contribution is 0.629. The Hall–Kier alpha value is -2.36. The summed E-state index contributed by atoms with van der Waals surface area (Å²) in [5, 5.41) is 7.87. The fourth-order valence-corrected chi connectivity index (χ4v) is 1.91. The summed E-state index contributed by atoms with van der Waals surface area (Å²) in [7, 11) is 0. The molecule has 0 bridgehead atoms. The molecule has 0 amide bonds. The highest BCUT2D eigenvalue weighted by Crippen LogP contribution is 2.30. The van der Waals surface area contributed by atoms with E-state index < -0.39 is 0 Å². The van der Waals surface area contributed by atoms with Gasteiger partial charge in [0.1, 0.15) is 11.5 Å². The summed E-state index contributed by atoms with van der Waals surface area (Å²) >= 11 is 0. The van der Waals surface area contributed by atoms with Crippen LogP contribution in [0.25, 0.3) is 22.2 Å². The smallest absolute Gasteiger partial charge is 0.125 e. The third-order valence-corrected chi connectivity index (χ3v) is 2.74. The van der Waals surface area contributed by atoms with Crippen LogP contribution < -0.4 is 5.73 Å². The lowest BCUT2D eigenvalue weighted by Gasteiger charge is -2.01. The van der Waals surface area contributed by atoms with Crippen molar-refractivity contribution < 1.29 is 4.39 Å². The van der Waals surface area contributed by atoms with Crippen molar-refractivity contribution >= 4 is 16.6 Å². The molecule has 0 aliphatic carbocycles. The molecule has 3 rings (SSSR count). The Morgan fingerprint density at radius 3 is 2.76 bits per heavy atom. The molecule has 84 valence electrons. The number of rotatable bonds is 1. The lowest BCUT2D eigenvalue weighted by Crippen LogP contribution is -1.89. The van der Waals surface area contributed by atoms with Gasteiger partial charge in [-0.25, -0.2) is 4.39 Å². The van der Waals surface area contributed by atoms with E-state index in [2.05, 4.69) is 10.2 Å². The Labute approximate surface area is 97.1 Å². The van der Waals surface area contributed by atoms with Crippen LogP contribution in [0.3, 0.4) is 0 Å². The van der Waals surface area contributed by atoms with E-state index in [0.717, 1.165) is 16.6 Å². The molecule has 3 nitrogen and oxygen atoms in total. The van der Waals surface area contributed by atoms with Crippen molar-refractivity contribution in [1.82, 2.24) is 10.2 Å². The van der Waals surface area contributed by atoms with E-state index in [1.807, 2.05) is 24.3 Å². The summed E-state index contributed by atoms with van der Waals surface area (Å²) in [6.07, 6.45) is 0. The minimum Gasteiger partial charge on any atom is -0.398 e. The van der Waals surface area contributed by atoms with Crippen molar-refractivity contribution in [3.8, 4) is 11.3 Å². The molecule has 1 heterocycles. The normalized spacial score (nSPS) is 10.9. The van der Waals surface area contributed by atoms with Gasteiger partial charge >= 0.3 is 0 Å². The lowest BCUT2D eigenvalue weighted by atomic mass is 10.1. The quantitative estimate of drug-likeness (QED) is 0.628. The summed E-state index contributed by atoms with van der Waals surface area (Å²) in [5.41, 5.74) is 8.83. The number of anilines is 1. The Morgan fingerprint density at radius 2 is 1.94 bits per heavy atom. The number of benzene rings is 2. The molecule has 0 radical (unpaired) electrons. The molecule has 0 aliphatic heterocycles. The third-order valence-electron chi connectivity index (χ3n) is 2.74. The monoisotopic (exact) mass is 227 g/mol. The number of hydrogen-bond donors (Lipinski definition) is 2. The van der Waals surface area contributed by atoms with Crippen molar-refractivity contribution in [2.24, 2.45) is 0 Å². The standard InChI is InChI=1S/C13H10FN3/c14-8-5-6-10-12(7-8)16-17-13(10)9-3-1-2-4-11(9)15/h1-7H,15H2,(H,16,17). The zero-order chi connectivity index (χ0) is 11.8. The summed E-state index contributed by atoms with van der Waals surface area (Å²) in [5.74, 6) is -0.284. The maximum atomic E-state index is 13.1. The van der Waals surface area contributed by atoms with Gasteiger partial charge in [0.2, 0.25) is 0 Å². The second kappa shape index (κ2) is 3.59. The van der Waals surface area contributed by atoms with Crippen LogP contribution in [0.5, 0.6) is 0 Å². The van der Waals surface area contributed by atoms with Crippen molar-refractivity contribution in [2.45, 2.75) is 0 Å². The highest BCUT2D eigenvalue weighted by molar-refractivity contribution is 5.95. The summed E-state index contributed by atoms with van der Waals surface area (Å²) in [6, 6.07) is 12.0. The minimum atomic E-state index is -0.284. The maximum Gasteiger partial charge on any atom is 0.125 e. The highest BCUT2D eigenvalue weighted by Gasteiger charge is 2.10. The molecule has 3 aromatic rings. The molecule has 0 aliphatic rings. The van der Waals surface area contributed by atoms with E-state index in [-0.39, 0.29) is 5.82 Å². The minimum absolute atomic E-state index is 0.284. The van der Waals surface area contributed by atoms with Crippen molar-refractivity contribution in [2.75, 3.05) is 5.73 Å². The van der Waals surface area contributed by atoms with Gasteiger partial charge in [-0.15, -0.1) is 0 Å². The number of halogens is 1. The first-order valence-corrected chi connectivity index (χ1v) is 5.24. The third kappa shape index (κ3) is 1.54. The number of para-hydroxylation sites is 1. The highest BCUT2D eigenvalue weighted by atomic mass is 19.1. The zero-order valence-corrected chi connectivity index (χ0v) is 8.94. The van der Waals surface area contributed by atoms with Crippen LogP contribution in [-0.4, -0.2) is 10.2 Å². The molecule has 0 saturated heterocycles. The molecule has 1 aromatic heterocycles. The van der Waals surface area contributed by atoms with E-state index >= 15 is 0 Å². The van der Waals surface area contributed by atoms with Gasteiger partial charge in [0.15, 0.2) is 0 Å². The van der Waals surface area contributed by atoms with Crippen LogP contribution in [-0.2, 0) is 0 Å². The fraction of sp³-hybridized carbons (Fsp3) is 0. The van der Waals surface area contributed by atoms with E-state index in [0.29, 0.717) is 11.2 Å². The van der Waals surface area contributed by atoms with E-state index in [9.17, 15) is 4.39 Å². The van der Waals surface area contributed by atoms with Crippen LogP contribution in [0.1, 0.15) is 0 Å². The zero-order valence-electron chi connectivity index (χ0n) is 8.94. The molecule has 0 fully saturated rings. The van der Waals surface area contributed by atoms with Crippen molar-refractivity contribution in [3.05, 3.63) is 48.3 Å². The summed E-state index contributed by atoms with van der Waals surface area (Å²) in [4.78, 5) is 0. The molecule has 2 aromatic carbocycles. The van der Waals surface area contributed by atoms with Gasteiger partial charge in [-0.2, -0.15) is 5.10 Å². The predicted octanol–water partition coefficient (Wildman–Crippen LogP) is 2.95. The number of H-pyrrole nitrogens is 1. The van der Waals surface area contributed by atoms with E-state index in [1.54, 1.807) is 6.07 Å². The van der Waals surface area contributed by atoms with Gasteiger partial charge in [0, 0.05) is 16.6 Å². The molecule has 4 heteroatoms. The Kier molecular flexibility index (Phi) is 2.08. The molecule has 0 unspecified atom stereocenters. The number of nitrogens with one attached hydrogen (secondary N) is 1. The van der Waals surface area contributed by atoms with Crippen LogP contribution >= 0.6 is 0 Å². The van der Waals surface area contributed by atoms with E-state index in [1.165, 1.54) is 12.1 Å². The molecule has 0 saturated carbocycles. The molecular formula is C13H10FN3. The van der Waals surface area contributed by atoms with Crippen LogP contribution in [0, 0.1) is 5.82 Å². The van der Waals surface area contributed by atoms with Gasteiger partial charge in [-0.3, -0.25) is 5.10 Å². The Balaban J connectivity index is 2.29. The SMILES string of the molecule is Nc1ccccc1-c1n[nH]c2cc(F)ccc12. The first-order valence-electron chi connectivity index (χ1n) is 5.24. The number of nitrogen functional groups attached to an aromatic ring is 1. The van der Waals surface area contributed by atoms with Gasteiger partial charge in [0.05, 0.1) is 5.52 Å². The largest absolute Gasteiger partial charge is 0.398 e. The average Bonchev–Trinajstić information content (AvgIpc) is 2.72. The van der Waals surface area contributed by atoms with Crippen molar-refractivity contribution in [3.63, 3.8) is 0 Å². The Morgan fingerprint density at radius 1 is 1.12 bits per heavy atom. The number of aromatic nitrogens is 2. The van der Waals surface area contributed by atoms with Gasteiger partial charge in [-0.05, 0) is 24.3 Å². The molecule has 0 atom stereocenters. The fourth-order valence-electron chi connectivity index (χ4n) is 1.91. The molecule has 17 heavy (non-hydrogen) atoms. The van der Waals surface area contributed by atoms with Gasteiger partial charge < -0.3 is 5.73 Å². The molecule has 3 N–H and O–H groups in total. The second-order valence-electron chi connectivity index (χ2n) is 3.85.